The molecule has 0 bridgehead atoms. The zero-order chi connectivity index (χ0) is 9.24. The third-order valence-corrected chi connectivity index (χ3v) is 3.64. The molecule has 1 saturated carbocycles. The van der Waals surface area contributed by atoms with Gasteiger partial charge in [0.15, 0.2) is 0 Å². The van der Waals surface area contributed by atoms with Gasteiger partial charge in [-0.25, -0.2) is 0 Å². The summed E-state index contributed by atoms with van der Waals surface area (Å²) in [4.78, 5) is 0. The first kappa shape index (κ1) is 10.0. The molecular weight excluding hydrogens is 148 g/mol. The van der Waals surface area contributed by atoms with Crippen LogP contribution >= 0.6 is 0 Å². The third kappa shape index (κ3) is 1.64. The Morgan fingerprint density at radius 1 is 1.08 bits per heavy atom. The van der Waals surface area contributed by atoms with Crippen molar-refractivity contribution >= 4 is 0 Å². The highest BCUT2D eigenvalue weighted by molar-refractivity contribution is 4.99. The van der Waals surface area contributed by atoms with E-state index in [-0.39, 0.29) is 11.0 Å². The van der Waals surface area contributed by atoms with E-state index in [0.717, 1.165) is 6.42 Å². The van der Waals surface area contributed by atoms with Gasteiger partial charge in [-0.1, -0.05) is 33.1 Å². The van der Waals surface area contributed by atoms with Gasteiger partial charge in [0.1, 0.15) is 0 Å². The molecular formula is C10H22N2. The molecule has 0 aromatic rings. The predicted molar refractivity (Wildman–Crippen MR) is 52.8 cm³/mol. The zero-order valence-corrected chi connectivity index (χ0v) is 8.40. The van der Waals surface area contributed by atoms with Crippen LogP contribution in [0, 0.1) is 5.41 Å². The molecule has 0 aromatic carbocycles. The fraction of sp³-hybridized carbons (Fsp3) is 1.00. The van der Waals surface area contributed by atoms with Crippen molar-refractivity contribution in [2.24, 2.45) is 16.9 Å². The van der Waals surface area contributed by atoms with Crippen LogP contribution in [0.15, 0.2) is 0 Å². The van der Waals surface area contributed by atoms with E-state index in [9.17, 15) is 0 Å². The van der Waals surface area contributed by atoms with Gasteiger partial charge in [-0.05, 0) is 18.3 Å². The molecule has 0 heterocycles. The highest BCUT2D eigenvalue weighted by atomic mass is 14.8. The second-order valence-corrected chi connectivity index (χ2v) is 4.80. The highest BCUT2D eigenvalue weighted by Crippen LogP contribution is 2.39. The molecule has 0 amide bonds. The molecule has 1 unspecified atom stereocenters. The molecule has 1 fully saturated rings. The van der Waals surface area contributed by atoms with Crippen LogP contribution in [0.2, 0.25) is 0 Å². The number of hydrogen-bond donors (Lipinski definition) is 2. The number of rotatable bonds is 1. The third-order valence-electron chi connectivity index (χ3n) is 3.64. The first-order chi connectivity index (χ1) is 5.52. The van der Waals surface area contributed by atoms with Gasteiger partial charge >= 0.3 is 0 Å². The minimum absolute atomic E-state index is 0.122. The topological polar surface area (TPSA) is 52.0 Å². The van der Waals surface area contributed by atoms with Gasteiger partial charge in [-0.15, -0.1) is 0 Å². The quantitative estimate of drug-likeness (QED) is 0.588. The Balaban J connectivity index is 2.78. The van der Waals surface area contributed by atoms with Crippen molar-refractivity contribution in [2.45, 2.75) is 51.5 Å². The lowest BCUT2D eigenvalue weighted by molar-refractivity contribution is 0.158. The minimum atomic E-state index is -0.122. The van der Waals surface area contributed by atoms with Crippen molar-refractivity contribution in [1.82, 2.24) is 0 Å². The van der Waals surface area contributed by atoms with Crippen molar-refractivity contribution in [3.63, 3.8) is 0 Å². The van der Waals surface area contributed by atoms with Crippen molar-refractivity contribution in [2.75, 3.05) is 6.54 Å². The monoisotopic (exact) mass is 170 g/mol. The summed E-state index contributed by atoms with van der Waals surface area (Å²) in [6.07, 6.45) is 6.20. The second kappa shape index (κ2) is 3.35. The summed E-state index contributed by atoms with van der Waals surface area (Å²) in [7, 11) is 0. The summed E-state index contributed by atoms with van der Waals surface area (Å²) in [5.41, 5.74) is 12.2. The van der Waals surface area contributed by atoms with Crippen LogP contribution in [0.4, 0.5) is 0 Å². The Labute approximate surface area is 75.7 Å². The van der Waals surface area contributed by atoms with Gasteiger partial charge in [-0.2, -0.15) is 0 Å². The van der Waals surface area contributed by atoms with Gasteiger partial charge in [0.25, 0.3) is 0 Å². The molecule has 2 heteroatoms. The Hall–Kier alpha value is -0.0800. The maximum absolute atomic E-state index is 6.31. The maximum Gasteiger partial charge on any atom is 0.0330 e. The van der Waals surface area contributed by atoms with Crippen molar-refractivity contribution < 1.29 is 0 Å². The molecule has 1 aliphatic rings. The van der Waals surface area contributed by atoms with Crippen LogP contribution in [-0.2, 0) is 0 Å². The molecule has 4 N–H and O–H groups in total. The smallest absolute Gasteiger partial charge is 0.0330 e. The fourth-order valence-corrected chi connectivity index (χ4v) is 2.15. The molecule has 0 radical (unpaired) electrons. The van der Waals surface area contributed by atoms with Gasteiger partial charge in [0, 0.05) is 12.1 Å². The highest BCUT2D eigenvalue weighted by Gasteiger charge is 2.40. The Morgan fingerprint density at radius 3 is 2.25 bits per heavy atom. The van der Waals surface area contributed by atoms with E-state index in [4.69, 9.17) is 11.5 Å². The van der Waals surface area contributed by atoms with Crippen LogP contribution in [0.1, 0.15) is 46.0 Å². The summed E-state index contributed by atoms with van der Waals surface area (Å²) in [6.45, 7) is 5.14. The fourth-order valence-electron chi connectivity index (χ4n) is 2.15. The lowest BCUT2D eigenvalue weighted by Crippen LogP contribution is -2.57. The predicted octanol–water partition coefficient (Wildman–Crippen LogP) is 1.63. The summed E-state index contributed by atoms with van der Waals surface area (Å²) < 4.78 is 0. The van der Waals surface area contributed by atoms with Crippen LogP contribution in [0.3, 0.4) is 0 Å². The van der Waals surface area contributed by atoms with Crippen LogP contribution in [-0.4, -0.2) is 12.1 Å². The summed E-state index contributed by atoms with van der Waals surface area (Å²) in [5, 5.41) is 0. The summed E-state index contributed by atoms with van der Waals surface area (Å²) in [5.74, 6) is 0. The Kier molecular flexibility index (Phi) is 2.79. The molecule has 0 aromatic heterocycles. The van der Waals surface area contributed by atoms with Crippen molar-refractivity contribution in [1.29, 1.82) is 0 Å². The summed E-state index contributed by atoms with van der Waals surface area (Å²) >= 11 is 0. The standard InChI is InChI=1S/C10H22N2/c1-9(2)6-4-3-5-7-10(9,12)8-11/h3-8,11-12H2,1-2H3. The van der Waals surface area contributed by atoms with Gasteiger partial charge in [0.05, 0.1) is 0 Å². The molecule has 0 spiro atoms. The first-order valence-electron chi connectivity index (χ1n) is 5.01. The van der Waals surface area contributed by atoms with E-state index in [1.807, 2.05) is 0 Å². The van der Waals surface area contributed by atoms with Crippen LogP contribution in [0.25, 0.3) is 0 Å². The van der Waals surface area contributed by atoms with Gasteiger partial charge in [0.2, 0.25) is 0 Å². The largest absolute Gasteiger partial charge is 0.329 e. The summed E-state index contributed by atoms with van der Waals surface area (Å²) in [6, 6.07) is 0. The normalized spacial score (nSPS) is 36.0. The van der Waals surface area contributed by atoms with E-state index in [1.54, 1.807) is 0 Å². The van der Waals surface area contributed by atoms with E-state index >= 15 is 0 Å². The number of nitrogens with two attached hydrogens (primary N) is 2. The van der Waals surface area contributed by atoms with Crippen LogP contribution < -0.4 is 11.5 Å². The zero-order valence-electron chi connectivity index (χ0n) is 8.40. The first-order valence-corrected chi connectivity index (χ1v) is 5.01. The van der Waals surface area contributed by atoms with E-state index in [0.29, 0.717) is 6.54 Å². The maximum atomic E-state index is 6.31. The SMILES string of the molecule is CC1(C)CCCCCC1(N)CN. The average molecular weight is 170 g/mol. The Morgan fingerprint density at radius 2 is 1.67 bits per heavy atom. The lowest BCUT2D eigenvalue weighted by Gasteiger charge is -2.42. The van der Waals surface area contributed by atoms with E-state index < -0.39 is 0 Å². The lowest BCUT2D eigenvalue weighted by atomic mass is 9.69. The average Bonchev–Trinajstić information content (AvgIpc) is 2.13. The second-order valence-electron chi connectivity index (χ2n) is 4.80. The molecule has 72 valence electrons. The van der Waals surface area contributed by atoms with E-state index in [2.05, 4.69) is 13.8 Å². The molecule has 12 heavy (non-hydrogen) atoms. The van der Waals surface area contributed by atoms with Gasteiger partial charge < -0.3 is 11.5 Å². The van der Waals surface area contributed by atoms with Crippen LogP contribution in [0.5, 0.6) is 0 Å². The molecule has 2 nitrogen and oxygen atoms in total. The van der Waals surface area contributed by atoms with Gasteiger partial charge in [-0.3, -0.25) is 0 Å². The Bertz CT molecular complexity index is 154. The molecule has 1 rings (SSSR count). The molecule has 1 atom stereocenters. The molecule has 0 saturated heterocycles. The number of hydrogen-bond acceptors (Lipinski definition) is 2. The molecule has 0 aliphatic heterocycles. The van der Waals surface area contributed by atoms with Crippen molar-refractivity contribution in [3.8, 4) is 0 Å². The van der Waals surface area contributed by atoms with E-state index in [1.165, 1.54) is 25.7 Å². The minimum Gasteiger partial charge on any atom is -0.329 e. The molecule has 1 aliphatic carbocycles. The van der Waals surface area contributed by atoms with Crippen molar-refractivity contribution in [3.05, 3.63) is 0 Å².